The summed E-state index contributed by atoms with van der Waals surface area (Å²) in [6, 6.07) is 30.3. The number of aliphatic hydroxyl groups excluding tert-OH is 1. The zero-order valence-electron chi connectivity index (χ0n) is 22.1. The van der Waals surface area contributed by atoms with Crippen molar-refractivity contribution in [2.75, 3.05) is 7.05 Å². The highest BCUT2D eigenvalue weighted by atomic mass is 16.4. The minimum atomic E-state index is -1.30. The van der Waals surface area contributed by atoms with E-state index < -0.39 is 30.1 Å². The normalized spacial score (nSPS) is 18.9. The number of aliphatic hydroxyl groups is 1. The number of hydrogen-bond acceptors (Lipinski definition) is 5. The Kier molecular flexibility index (Phi) is 7.91. The van der Waals surface area contributed by atoms with Gasteiger partial charge < -0.3 is 14.4 Å². The minimum absolute atomic E-state index is 0.248. The van der Waals surface area contributed by atoms with Crippen molar-refractivity contribution in [1.82, 2.24) is 14.7 Å². The maximum Gasteiger partial charge on any atom is 0.327 e. The summed E-state index contributed by atoms with van der Waals surface area (Å²) in [5.41, 5.74) is 2.83. The van der Waals surface area contributed by atoms with E-state index in [4.69, 9.17) is 4.42 Å². The molecular formula is C32H33N3O4. The third-order valence-electron chi connectivity index (χ3n) is 7.47. The maximum atomic E-state index is 14.6. The predicted octanol–water partition coefficient (Wildman–Crippen LogP) is 5.41. The molecule has 0 bridgehead atoms. The third kappa shape index (κ3) is 5.50. The van der Waals surface area contributed by atoms with Gasteiger partial charge in [-0.1, -0.05) is 91.0 Å². The number of carbonyl (C=O) groups is 2. The van der Waals surface area contributed by atoms with Crippen molar-refractivity contribution in [3.05, 3.63) is 132 Å². The van der Waals surface area contributed by atoms with E-state index >= 15 is 0 Å². The lowest BCUT2D eigenvalue weighted by Gasteiger charge is -2.36. The van der Waals surface area contributed by atoms with Crippen LogP contribution in [0.15, 0.2) is 114 Å². The highest BCUT2D eigenvalue weighted by Crippen LogP contribution is 2.37. The van der Waals surface area contributed by atoms with Gasteiger partial charge in [0.25, 0.3) is 5.91 Å². The third-order valence-corrected chi connectivity index (χ3v) is 7.47. The molecule has 0 spiro atoms. The Morgan fingerprint density at radius 2 is 1.41 bits per heavy atom. The molecule has 0 unspecified atom stereocenters. The molecule has 3 aromatic carbocycles. The van der Waals surface area contributed by atoms with E-state index in [1.807, 2.05) is 103 Å². The highest BCUT2D eigenvalue weighted by molar-refractivity contribution is 5.99. The van der Waals surface area contributed by atoms with Gasteiger partial charge in [-0.15, -0.1) is 0 Å². The zero-order chi connectivity index (χ0) is 27.4. The van der Waals surface area contributed by atoms with Gasteiger partial charge in [0.2, 0.25) is 0 Å². The maximum absolute atomic E-state index is 14.6. The number of hydrogen-bond donors (Lipinski definition) is 1. The Bertz CT molecular complexity index is 1320. The molecule has 1 saturated heterocycles. The molecule has 1 aliphatic heterocycles. The number of benzene rings is 3. The lowest BCUT2D eigenvalue weighted by molar-refractivity contribution is -0.141. The van der Waals surface area contributed by atoms with Crippen LogP contribution in [0.5, 0.6) is 0 Å². The highest BCUT2D eigenvalue weighted by Gasteiger charge is 2.50. The quantitative estimate of drug-likeness (QED) is 0.318. The number of likely N-dealkylation sites (N-methyl/N-ethyl adjacent to an activating group) is 1. The number of amides is 3. The standard InChI is InChI=1S/C32H33N3O4/c1-23-28(26-17-10-5-11-18-26)35(32(38)33(23)2)31(37)29(30(36)27-19-12-20-39-27)34(21-24-13-6-3-7-14-24)22-25-15-8-4-9-16-25/h3-20,23,28-30,36H,21-22H2,1-2H3/t23-,28-,29-,30+/m0/s1. The summed E-state index contributed by atoms with van der Waals surface area (Å²) in [7, 11) is 1.71. The molecule has 1 N–H and O–H groups in total. The summed E-state index contributed by atoms with van der Waals surface area (Å²) >= 11 is 0. The molecule has 1 aliphatic rings. The number of rotatable bonds is 9. The largest absolute Gasteiger partial charge is 0.467 e. The van der Waals surface area contributed by atoms with Crippen molar-refractivity contribution in [3.8, 4) is 0 Å². The van der Waals surface area contributed by atoms with E-state index in [0.29, 0.717) is 13.1 Å². The van der Waals surface area contributed by atoms with Crippen LogP contribution in [0.2, 0.25) is 0 Å². The number of nitrogens with zero attached hydrogens (tertiary/aromatic N) is 3. The van der Waals surface area contributed by atoms with E-state index in [0.717, 1.165) is 16.7 Å². The van der Waals surface area contributed by atoms with Crippen LogP contribution in [0.1, 0.15) is 41.5 Å². The smallest absolute Gasteiger partial charge is 0.327 e. The number of carbonyl (C=O) groups excluding carboxylic acids is 2. The Morgan fingerprint density at radius 3 is 1.92 bits per heavy atom. The fraction of sp³-hybridized carbons (Fsp3) is 0.250. The van der Waals surface area contributed by atoms with E-state index in [1.165, 1.54) is 11.2 Å². The molecule has 0 radical (unpaired) electrons. The lowest BCUT2D eigenvalue weighted by atomic mass is 9.97. The van der Waals surface area contributed by atoms with Gasteiger partial charge in [0, 0.05) is 20.1 Å². The molecule has 0 saturated carbocycles. The van der Waals surface area contributed by atoms with Crippen LogP contribution >= 0.6 is 0 Å². The summed E-state index contributed by atoms with van der Waals surface area (Å²) < 4.78 is 5.58. The molecule has 0 aliphatic carbocycles. The molecule has 4 aromatic rings. The van der Waals surface area contributed by atoms with Crippen LogP contribution in [0.3, 0.4) is 0 Å². The van der Waals surface area contributed by atoms with E-state index in [2.05, 4.69) is 0 Å². The van der Waals surface area contributed by atoms with Gasteiger partial charge in [-0.3, -0.25) is 14.6 Å². The zero-order valence-corrected chi connectivity index (χ0v) is 22.1. The van der Waals surface area contributed by atoms with Crippen molar-refractivity contribution in [3.63, 3.8) is 0 Å². The van der Waals surface area contributed by atoms with Crippen LogP contribution in [-0.2, 0) is 17.9 Å². The van der Waals surface area contributed by atoms with Gasteiger partial charge in [-0.25, -0.2) is 4.79 Å². The van der Waals surface area contributed by atoms with Crippen LogP contribution in [-0.4, -0.2) is 50.9 Å². The Balaban J connectivity index is 1.60. The molecule has 200 valence electrons. The van der Waals surface area contributed by atoms with Gasteiger partial charge in [-0.2, -0.15) is 0 Å². The average molecular weight is 524 g/mol. The summed E-state index contributed by atoms with van der Waals surface area (Å²) in [5.74, 6) is -0.204. The van der Waals surface area contributed by atoms with E-state index in [1.54, 1.807) is 24.1 Å². The fourth-order valence-electron chi connectivity index (χ4n) is 5.34. The molecule has 7 nitrogen and oxygen atoms in total. The van der Waals surface area contributed by atoms with Crippen LogP contribution in [0.25, 0.3) is 0 Å². The molecule has 39 heavy (non-hydrogen) atoms. The molecule has 1 aromatic heterocycles. The van der Waals surface area contributed by atoms with Crippen molar-refractivity contribution in [2.24, 2.45) is 0 Å². The monoisotopic (exact) mass is 523 g/mol. The minimum Gasteiger partial charge on any atom is -0.467 e. The first kappa shape index (κ1) is 26.4. The molecule has 7 heteroatoms. The molecule has 3 amide bonds. The second kappa shape index (κ2) is 11.7. The molecule has 2 heterocycles. The van der Waals surface area contributed by atoms with Crippen molar-refractivity contribution in [2.45, 2.75) is 44.2 Å². The van der Waals surface area contributed by atoms with Crippen molar-refractivity contribution >= 4 is 11.9 Å². The fourth-order valence-corrected chi connectivity index (χ4v) is 5.34. The predicted molar refractivity (Wildman–Crippen MR) is 148 cm³/mol. The van der Waals surface area contributed by atoms with Gasteiger partial charge >= 0.3 is 6.03 Å². The summed E-state index contributed by atoms with van der Waals surface area (Å²) in [4.78, 5) is 33.1. The second-order valence-electron chi connectivity index (χ2n) is 9.98. The SMILES string of the molecule is C[C@H]1[C@@H](c2ccccc2)N(C(=O)[C@H]([C@H](O)c2ccco2)N(Cc2ccccc2)Cc2ccccc2)C(=O)N1C. The number of urea groups is 1. The molecule has 4 atom stereocenters. The van der Waals surface area contributed by atoms with Crippen molar-refractivity contribution in [1.29, 1.82) is 0 Å². The molecular weight excluding hydrogens is 490 g/mol. The van der Waals surface area contributed by atoms with Crippen LogP contribution in [0, 0.1) is 0 Å². The lowest BCUT2D eigenvalue weighted by Crippen LogP contribution is -2.52. The Morgan fingerprint density at radius 1 is 0.872 bits per heavy atom. The first-order valence-electron chi connectivity index (χ1n) is 13.1. The van der Waals surface area contributed by atoms with Gasteiger partial charge in [0.05, 0.1) is 18.3 Å². The van der Waals surface area contributed by atoms with Gasteiger partial charge in [0.1, 0.15) is 17.9 Å². The Labute approximate surface area is 228 Å². The number of furan rings is 1. The summed E-state index contributed by atoms with van der Waals surface area (Å²) in [6.07, 6.45) is 0.174. The van der Waals surface area contributed by atoms with Crippen LogP contribution in [0.4, 0.5) is 4.79 Å². The van der Waals surface area contributed by atoms with Crippen molar-refractivity contribution < 1.29 is 19.1 Å². The topological polar surface area (TPSA) is 77.2 Å². The van der Waals surface area contributed by atoms with Gasteiger partial charge in [-0.05, 0) is 35.7 Å². The van der Waals surface area contributed by atoms with E-state index in [-0.39, 0.29) is 11.8 Å². The summed E-state index contributed by atoms with van der Waals surface area (Å²) in [6.45, 7) is 2.70. The average Bonchev–Trinajstić information content (AvgIpc) is 3.58. The first-order valence-corrected chi connectivity index (χ1v) is 13.1. The number of imide groups is 1. The molecule has 1 fully saturated rings. The van der Waals surface area contributed by atoms with Crippen LogP contribution < -0.4 is 0 Å². The summed E-state index contributed by atoms with van der Waals surface area (Å²) in [5, 5.41) is 11.7. The second-order valence-corrected chi connectivity index (χ2v) is 9.98. The Hall–Kier alpha value is -4.20. The van der Waals surface area contributed by atoms with Gasteiger partial charge in [0.15, 0.2) is 0 Å². The molecule has 5 rings (SSSR count). The van der Waals surface area contributed by atoms with E-state index in [9.17, 15) is 14.7 Å². The first-order chi connectivity index (χ1) is 19.0.